The molecular weight excluding hydrogens is 356 g/mol. The Morgan fingerprint density at radius 3 is 0.920 bits per heavy atom. The Morgan fingerprint density at radius 2 is 0.880 bits per heavy atom. The number of rotatable bonds is 8. The maximum Gasteiger partial charge on any atom is 0.335 e. The molecule has 8 N–H and O–H groups in total. The fourth-order valence-electron chi connectivity index (χ4n) is 0.574. The number of aliphatic hydroxyl groups is 4. The van der Waals surface area contributed by atoms with E-state index in [9.17, 15) is 19.2 Å². The molecule has 0 amide bonds. The molecule has 0 fully saturated rings. The number of carboxylic acids is 4. The van der Waals surface area contributed by atoms with Gasteiger partial charge in [-0.25, -0.2) is 19.2 Å². The van der Waals surface area contributed by atoms with Crippen molar-refractivity contribution in [2.75, 3.05) is 0 Å². The highest BCUT2D eigenvalue weighted by Gasteiger charge is 2.30. The van der Waals surface area contributed by atoms with Crippen LogP contribution in [-0.4, -0.2) is 102 Å². The average molecular weight is 371 g/mol. The summed E-state index contributed by atoms with van der Waals surface area (Å²) >= 11 is 0. The highest BCUT2D eigenvalue weighted by atomic mass is 16.4. The Balaban J connectivity index is -0.000000308. The Morgan fingerprint density at radius 1 is 0.680 bits per heavy atom. The summed E-state index contributed by atoms with van der Waals surface area (Å²) in [7, 11) is 0. The number of carbonyl (C=O) groups excluding carboxylic acids is 2. The molecule has 4 atom stereocenters. The third kappa shape index (κ3) is 14.4. The van der Waals surface area contributed by atoms with Gasteiger partial charge in [0.1, 0.15) is 6.29 Å². The number of carbonyl (C=O) groups is 5. The molecule has 0 aromatic rings. The van der Waals surface area contributed by atoms with Gasteiger partial charge in [0.2, 0.25) is 6.29 Å². The number of hydrogen-bond acceptors (Lipinski definition) is 10. The monoisotopic (exact) mass is 371 g/mol. The van der Waals surface area contributed by atoms with Crippen LogP contribution in [-0.2, 0) is 28.8 Å². The van der Waals surface area contributed by atoms with Crippen molar-refractivity contribution < 1.29 is 69.6 Å². The van der Waals surface area contributed by atoms with E-state index in [0.29, 0.717) is 6.29 Å². The van der Waals surface area contributed by atoms with Crippen LogP contribution in [0.1, 0.15) is 6.42 Å². The zero-order valence-corrected chi connectivity index (χ0v) is 12.1. The third-order valence-electron chi connectivity index (χ3n) is 1.78. The van der Waals surface area contributed by atoms with E-state index in [-0.39, 0.29) is 6.42 Å². The second kappa shape index (κ2) is 14.6. The van der Waals surface area contributed by atoms with Gasteiger partial charge in [0.05, 0.1) is 6.42 Å². The van der Waals surface area contributed by atoms with E-state index in [1.165, 1.54) is 6.29 Å². The largest absolute Gasteiger partial charge is 0.479 e. The lowest BCUT2D eigenvalue weighted by atomic mass is 10.2. The van der Waals surface area contributed by atoms with Gasteiger partial charge in [0.25, 0.3) is 0 Å². The van der Waals surface area contributed by atoms with Crippen molar-refractivity contribution in [2.24, 2.45) is 0 Å². The van der Waals surface area contributed by atoms with Crippen LogP contribution in [0.15, 0.2) is 0 Å². The lowest BCUT2D eigenvalue weighted by Crippen LogP contribution is -2.39. The molecule has 143 valence electrons. The predicted molar refractivity (Wildman–Crippen MR) is 70.9 cm³/mol. The number of aldehydes is 1. The molecule has 0 heterocycles. The molecule has 0 saturated carbocycles. The topological polar surface area (TPSA) is 264 Å². The van der Waals surface area contributed by atoms with E-state index in [1.807, 2.05) is 0 Å². The van der Waals surface area contributed by atoms with Crippen molar-refractivity contribution in [1.82, 2.24) is 0 Å². The summed E-state index contributed by atoms with van der Waals surface area (Å²) in [5.41, 5.74) is 0. The van der Waals surface area contributed by atoms with Crippen LogP contribution in [0, 0.1) is 0 Å². The first-order valence-corrected chi connectivity index (χ1v) is 5.77. The summed E-state index contributed by atoms with van der Waals surface area (Å²) < 4.78 is 0. The summed E-state index contributed by atoms with van der Waals surface area (Å²) in [5.74, 6) is -7.07. The molecule has 4 unspecified atom stereocenters. The molecule has 1 radical (unpaired) electrons. The van der Waals surface area contributed by atoms with Gasteiger partial charge in [0, 0.05) is 0 Å². The van der Waals surface area contributed by atoms with Crippen molar-refractivity contribution in [1.29, 1.82) is 0 Å². The van der Waals surface area contributed by atoms with Crippen molar-refractivity contribution in [3.8, 4) is 0 Å². The van der Waals surface area contributed by atoms with Crippen molar-refractivity contribution in [3.05, 3.63) is 0 Å². The van der Waals surface area contributed by atoms with Gasteiger partial charge < -0.3 is 45.6 Å². The molecule has 0 aliphatic rings. The van der Waals surface area contributed by atoms with Crippen LogP contribution in [0.3, 0.4) is 0 Å². The lowest BCUT2D eigenvalue weighted by Gasteiger charge is -2.07. The van der Waals surface area contributed by atoms with Crippen LogP contribution < -0.4 is 0 Å². The molecule has 0 saturated heterocycles. The second-order valence-electron chi connectivity index (χ2n) is 3.65. The van der Waals surface area contributed by atoms with Crippen LogP contribution in [0.2, 0.25) is 0 Å². The molecule has 0 spiro atoms. The minimum absolute atomic E-state index is 0.0972. The van der Waals surface area contributed by atoms with Gasteiger partial charge in [-0.1, -0.05) is 0 Å². The van der Waals surface area contributed by atoms with Crippen LogP contribution in [0.4, 0.5) is 0 Å². The smallest absolute Gasteiger partial charge is 0.335 e. The van der Waals surface area contributed by atoms with Crippen LogP contribution >= 0.6 is 0 Å². The molecule has 0 aliphatic heterocycles. The van der Waals surface area contributed by atoms with Crippen LogP contribution in [0.5, 0.6) is 0 Å². The number of carboxylic acid groups (broad SMARTS) is 4. The normalized spacial score (nSPS) is 13.9. The Hall–Kier alpha value is -2.94. The molecule has 0 aliphatic carbocycles. The van der Waals surface area contributed by atoms with Crippen LogP contribution in [0.25, 0.3) is 0 Å². The van der Waals surface area contributed by atoms with Gasteiger partial charge >= 0.3 is 23.9 Å². The first-order valence-electron chi connectivity index (χ1n) is 5.77. The fourth-order valence-corrected chi connectivity index (χ4v) is 0.574. The van der Waals surface area contributed by atoms with Gasteiger partial charge in [-0.05, 0) is 0 Å². The maximum absolute atomic E-state index is 9.77. The highest BCUT2D eigenvalue weighted by molar-refractivity contribution is 5.83. The number of aliphatic carboxylic acids is 4. The quantitative estimate of drug-likeness (QED) is 0.147. The Kier molecular flexibility index (Phi) is 15.8. The van der Waals surface area contributed by atoms with Crippen molar-refractivity contribution in [2.45, 2.75) is 30.8 Å². The van der Waals surface area contributed by atoms with E-state index >= 15 is 0 Å². The maximum atomic E-state index is 9.77. The number of hydrogen-bond donors (Lipinski definition) is 8. The third-order valence-corrected chi connectivity index (χ3v) is 1.78. The van der Waals surface area contributed by atoms with Gasteiger partial charge in [-0.15, -0.1) is 0 Å². The van der Waals surface area contributed by atoms with Crippen molar-refractivity contribution in [3.63, 3.8) is 0 Å². The lowest BCUT2D eigenvalue weighted by molar-refractivity contribution is -0.165. The standard InChI is InChI=1S/2C4H6O6.C3H3O2/c2*5-1(3(7)8)2(6)4(9)10;4-2-1-3-5/h2*1-2,5-6H,(H,7,8)(H,9,10);2H,1H2. The zero-order chi connectivity index (χ0) is 20.7. The highest BCUT2D eigenvalue weighted by Crippen LogP contribution is 1.93. The average Bonchev–Trinajstić information content (AvgIpc) is 2.53. The van der Waals surface area contributed by atoms with E-state index in [4.69, 9.17) is 50.4 Å². The summed E-state index contributed by atoms with van der Waals surface area (Å²) in [6.45, 7) is 0. The second-order valence-corrected chi connectivity index (χ2v) is 3.65. The van der Waals surface area contributed by atoms with E-state index < -0.39 is 48.3 Å². The first kappa shape index (κ1) is 26.9. The molecule has 14 heteroatoms. The summed E-state index contributed by atoms with van der Waals surface area (Å²) in [6.07, 6.45) is -7.26. The molecule has 0 rings (SSSR count). The molecule has 0 aromatic carbocycles. The molecule has 0 bridgehead atoms. The Bertz CT molecular complexity index is 393. The zero-order valence-electron chi connectivity index (χ0n) is 12.1. The first-order chi connectivity index (χ1) is 11.3. The van der Waals surface area contributed by atoms with E-state index in [1.54, 1.807) is 0 Å². The summed E-state index contributed by atoms with van der Waals surface area (Å²) in [6, 6.07) is 0. The minimum Gasteiger partial charge on any atom is -0.479 e. The fraction of sp³-hybridized carbons (Fsp3) is 0.455. The molecule has 14 nitrogen and oxygen atoms in total. The van der Waals surface area contributed by atoms with Gasteiger partial charge in [0.15, 0.2) is 24.4 Å². The van der Waals surface area contributed by atoms with Crippen molar-refractivity contribution >= 4 is 36.4 Å². The van der Waals surface area contributed by atoms with Gasteiger partial charge in [-0.3, -0.25) is 4.79 Å². The summed E-state index contributed by atoms with van der Waals surface area (Å²) in [5, 5.41) is 65.1. The Labute approximate surface area is 138 Å². The van der Waals surface area contributed by atoms with E-state index in [0.717, 1.165) is 0 Å². The summed E-state index contributed by atoms with van der Waals surface area (Å²) in [4.78, 5) is 57.3. The van der Waals surface area contributed by atoms with Gasteiger partial charge in [-0.2, -0.15) is 0 Å². The SMILES string of the molecule is O=C(O)C(O)C(O)C(=O)O.O=C(O)C(O)C(O)C(=O)O.O=[C]CC=O. The van der Waals surface area contributed by atoms with E-state index in [2.05, 4.69) is 0 Å². The molecule has 25 heavy (non-hydrogen) atoms. The predicted octanol–water partition coefficient (Wildman–Crippen LogP) is -4.56. The minimum atomic E-state index is -2.27. The molecular formula is C11H15O14. The number of aliphatic hydroxyl groups excluding tert-OH is 4. The molecule has 0 aromatic heterocycles.